The van der Waals surface area contributed by atoms with E-state index in [9.17, 15) is 4.79 Å². The standard InChI is InChI=1S/C15H18N4O2/c1-2-21-15(20)13-14(12-4-3-8-16-10-12)19(18-17-13)9-7-11-5-6-11/h3-4,8,10-11H,2,5-7,9H2,1H3. The summed E-state index contributed by atoms with van der Waals surface area (Å²) in [5.41, 5.74) is 1.80. The summed E-state index contributed by atoms with van der Waals surface area (Å²) in [6.45, 7) is 2.86. The molecule has 0 unspecified atom stereocenters. The van der Waals surface area contributed by atoms with Gasteiger partial charge in [-0.3, -0.25) is 4.98 Å². The van der Waals surface area contributed by atoms with Crippen molar-refractivity contribution in [2.75, 3.05) is 6.61 Å². The Kier molecular flexibility index (Phi) is 3.94. The molecule has 2 aromatic rings. The molecule has 0 radical (unpaired) electrons. The van der Waals surface area contributed by atoms with E-state index < -0.39 is 5.97 Å². The van der Waals surface area contributed by atoms with E-state index in [1.54, 1.807) is 24.0 Å². The highest BCUT2D eigenvalue weighted by atomic mass is 16.5. The second-order valence-electron chi connectivity index (χ2n) is 5.20. The highest BCUT2D eigenvalue weighted by molar-refractivity contribution is 5.93. The molecule has 1 aliphatic rings. The number of esters is 1. The van der Waals surface area contributed by atoms with E-state index >= 15 is 0 Å². The zero-order valence-corrected chi connectivity index (χ0v) is 12.0. The predicted molar refractivity (Wildman–Crippen MR) is 76.6 cm³/mol. The van der Waals surface area contributed by atoms with Crippen molar-refractivity contribution in [3.8, 4) is 11.3 Å². The number of rotatable bonds is 6. The second kappa shape index (κ2) is 6.03. The van der Waals surface area contributed by atoms with Crippen molar-refractivity contribution in [3.05, 3.63) is 30.2 Å². The summed E-state index contributed by atoms with van der Waals surface area (Å²) in [4.78, 5) is 16.2. The highest BCUT2D eigenvalue weighted by Gasteiger charge is 2.25. The fourth-order valence-corrected chi connectivity index (χ4v) is 2.31. The van der Waals surface area contributed by atoms with Gasteiger partial charge in [-0.05, 0) is 31.4 Å². The van der Waals surface area contributed by atoms with Crippen molar-refractivity contribution in [1.82, 2.24) is 20.0 Å². The van der Waals surface area contributed by atoms with E-state index in [1.807, 2.05) is 12.1 Å². The number of pyridine rings is 1. The molecule has 0 aliphatic heterocycles. The van der Waals surface area contributed by atoms with E-state index in [4.69, 9.17) is 4.74 Å². The lowest BCUT2D eigenvalue weighted by Gasteiger charge is -2.07. The Labute approximate surface area is 123 Å². The van der Waals surface area contributed by atoms with Gasteiger partial charge in [-0.1, -0.05) is 18.1 Å². The van der Waals surface area contributed by atoms with Crippen LogP contribution >= 0.6 is 0 Å². The lowest BCUT2D eigenvalue weighted by Crippen LogP contribution is -2.09. The third kappa shape index (κ3) is 3.09. The van der Waals surface area contributed by atoms with Crippen molar-refractivity contribution in [1.29, 1.82) is 0 Å². The molecular formula is C15H18N4O2. The summed E-state index contributed by atoms with van der Waals surface area (Å²) in [5, 5.41) is 8.15. The number of nitrogens with zero attached hydrogens (tertiary/aromatic N) is 4. The Morgan fingerprint density at radius 3 is 3.00 bits per heavy atom. The average molecular weight is 286 g/mol. The number of hydrogen-bond acceptors (Lipinski definition) is 5. The first-order valence-corrected chi connectivity index (χ1v) is 7.30. The molecule has 1 saturated carbocycles. The molecule has 0 atom stereocenters. The van der Waals surface area contributed by atoms with Crippen LogP contribution in [0.25, 0.3) is 11.3 Å². The Morgan fingerprint density at radius 2 is 2.33 bits per heavy atom. The molecular weight excluding hydrogens is 268 g/mol. The molecule has 0 N–H and O–H groups in total. The van der Waals surface area contributed by atoms with Crippen LogP contribution in [0.2, 0.25) is 0 Å². The van der Waals surface area contributed by atoms with Gasteiger partial charge in [0.25, 0.3) is 0 Å². The average Bonchev–Trinajstić information content (AvgIpc) is 3.24. The Morgan fingerprint density at radius 1 is 1.48 bits per heavy atom. The van der Waals surface area contributed by atoms with Crippen molar-refractivity contribution in [2.24, 2.45) is 5.92 Å². The maximum absolute atomic E-state index is 12.0. The monoisotopic (exact) mass is 286 g/mol. The molecule has 6 heteroatoms. The second-order valence-corrected chi connectivity index (χ2v) is 5.20. The summed E-state index contributed by atoms with van der Waals surface area (Å²) in [5.74, 6) is 0.357. The summed E-state index contributed by atoms with van der Waals surface area (Å²) in [7, 11) is 0. The van der Waals surface area contributed by atoms with Crippen LogP contribution in [-0.2, 0) is 11.3 Å². The first-order valence-electron chi connectivity index (χ1n) is 7.30. The number of hydrogen-bond donors (Lipinski definition) is 0. The van der Waals surface area contributed by atoms with Gasteiger partial charge in [0.05, 0.1) is 6.61 Å². The SMILES string of the molecule is CCOC(=O)c1nnn(CCC2CC2)c1-c1cccnc1. The van der Waals surface area contributed by atoms with Crippen LogP contribution in [-0.4, -0.2) is 32.6 Å². The van der Waals surface area contributed by atoms with Gasteiger partial charge >= 0.3 is 5.97 Å². The van der Waals surface area contributed by atoms with E-state index in [1.165, 1.54) is 12.8 Å². The fourth-order valence-electron chi connectivity index (χ4n) is 2.31. The van der Waals surface area contributed by atoms with Crippen molar-refractivity contribution in [3.63, 3.8) is 0 Å². The van der Waals surface area contributed by atoms with Gasteiger partial charge in [0.15, 0.2) is 5.69 Å². The molecule has 110 valence electrons. The first-order chi connectivity index (χ1) is 10.3. The van der Waals surface area contributed by atoms with Gasteiger partial charge in [-0.15, -0.1) is 5.10 Å². The minimum atomic E-state index is -0.436. The molecule has 0 spiro atoms. The Balaban J connectivity index is 1.94. The van der Waals surface area contributed by atoms with Crippen LogP contribution in [0.3, 0.4) is 0 Å². The van der Waals surface area contributed by atoms with Crippen LogP contribution in [0.4, 0.5) is 0 Å². The van der Waals surface area contributed by atoms with E-state index in [0.29, 0.717) is 12.3 Å². The molecule has 6 nitrogen and oxygen atoms in total. The summed E-state index contributed by atoms with van der Waals surface area (Å²) in [6, 6.07) is 3.74. The van der Waals surface area contributed by atoms with Crippen LogP contribution < -0.4 is 0 Å². The van der Waals surface area contributed by atoms with Gasteiger partial charge in [0.2, 0.25) is 0 Å². The molecule has 3 rings (SSSR count). The quantitative estimate of drug-likeness (QED) is 0.762. The normalized spacial score (nSPS) is 14.1. The van der Waals surface area contributed by atoms with Crippen molar-refractivity contribution < 1.29 is 9.53 Å². The number of aromatic nitrogens is 4. The van der Waals surface area contributed by atoms with Gasteiger partial charge < -0.3 is 4.74 Å². The third-order valence-electron chi connectivity index (χ3n) is 3.58. The molecule has 1 fully saturated rings. The van der Waals surface area contributed by atoms with Crippen LogP contribution in [0.1, 0.15) is 36.7 Å². The van der Waals surface area contributed by atoms with Crippen LogP contribution in [0, 0.1) is 5.92 Å². The van der Waals surface area contributed by atoms with Crippen LogP contribution in [0.15, 0.2) is 24.5 Å². The molecule has 0 amide bonds. The Bertz CT molecular complexity index is 620. The Hall–Kier alpha value is -2.24. The molecule has 0 aromatic carbocycles. The van der Waals surface area contributed by atoms with E-state index in [0.717, 1.165) is 24.4 Å². The molecule has 1 aliphatic carbocycles. The maximum Gasteiger partial charge on any atom is 0.361 e. The fraction of sp³-hybridized carbons (Fsp3) is 0.467. The third-order valence-corrected chi connectivity index (χ3v) is 3.58. The predicted octanol–water partition coefficient (Wildman–Crippen LogP) is 2.32. The topological polar surface area (TPSA) is 69.9 Å². The molecule has 0 saturated heterocycles. The maximum atomic E-state index is 12.0. The van der Waals surface area contributed by atoms with Gasteiger partial charge in [0, 0.05) is 24.5 Å². The van der Waals surface area contributed by atoms with Crippen LogP contribution in [0.5, 0.6) is 0 Å². The number of ether oxygens (including phenoxy) is 1. The lowest BCUT2D eigenvalue weighted by molar-refractivity contribution is 0.0520. The smallest absolute Gasteiger partial charge is 0.361 e. The lowest BCUT2D eigenvalue weighted by atomic mass is 10.1. The summed E-state index contributed by atoms with van der Waals surface area (Å²) >= 11 is 0. The zero-order valence-electron chi connectivity index (χ0n) is 12.0. The van der Waals surface area contributed by atoms with E-state index in [2.05, 4.69) is 15.3 Å². The molecule has 21 heavy (non-hydrogen) atoms. The zero-order chi connectivity index (χ0) is 14.7. The summed E-state index contributed by atoms with van der Waals surface area (Å²) in [6.07, 6.45) is 7.07. The highest BCUT2D eigenvalue weighted by Crippen LogP contribution is 2.33. The first kappa shape index (κ1) is 13.7. The van der Waals surface area contributed by atoms with Crippen molar-refractivity contribution in [2.45, 2.75) is 32.7 Å². The molecule has 2 aromatic heterocycles. The number of carbonyl (C=O) groups is 1. The van der Waals surface area contributed by atoms with Crippen molar-refractivity contribution >= 4 is 5.97 Å². The minimum Gasteiger partial charge on any atom is -0.461 e. The van der Waals surface area contributed by atoms with E-state index in [-0.39, 0.29) is 5.69 Å². The largest absolute Gasteiger partial charge is 0.461 e. The minimum absolute atomic E-state index is 0.264. The number of aryl methyl sites for hydroxylation is 1. The summed E-state index contributed by atoms with van der Waals surface area (Å²) < 4.78 is 6.86. The van der Waals surface area contributed by atoms with Gasteiger partial charge in [-0.2, -0.15) is 0 Å². The number of carbonyl (C=O) groups excluding carboxylic acids is 1. The molecule has 2 heterocycles. The molecule has 0 bridgehead atoms. The van der Waals surface area contributed by atoms with Gasteiger partial charge in [-0.25, -0.2) is 9.48 Å². The van der Waals surface area contributed by atoms with Gasteiger partial charge in [0.1, 0.15) is 5.69 Å².